The minimum atomic E-state index is 0.294. The molecular formula is C16H21N3O2S. The molecule has 3 rings (SSSR count). The van der Waals surface area contributed by atoms with Gasteiger partial charge in [0.05, 0.1) is 5.69 Å². The van der Waals surface area contributed by atoms with Gasteiger partial charge in [0.1, 0.15) is 0 Å². The zero-order chi connectivity index (χ0) is 15.4. The first kappa shape index (κ1) is 15.1. The van der Waals surface area contributed by atoms with Gasteiger partial charge in [-0.2, -0.15) is 0 Å². The zero-order valence-electron chi connectivity index (χ0n) is 12.9. The van der Waals surface area contributed by atoms with Gasteiger partial charge in [0.15, 0.2) is 16.6 Å². The van der Waals surface area contributed by atoms with Gasteiger partial charge < -0.3 is 20.1 Å². The molecule has 0 fully saturated rings. The highest BCUT2D eigenvalue weighted by Crippen LogP contribution is 2.35. The average Bonchev–Trinajstić information content (AvgIpc) is 3.14. The topological polar surface area (TPSA) is 55.4 Å². The number of nitrogens with one attached hydrogen (secondary N) is 2. The van der Waals surface area contributed by atoms with Crippen LogP contribution in [0, 0.1) is 0 Å². The summed E-state index contributed by atoms with van der Waals surface area (Å²) in [7, 11) is 0. The lowest BCUT2D eigenvalue weighted by molar-refractivity contribution is 0.174. The molecule has 1 unspecified atom stereocenters. The van der Waals surface area contributed by atoms with Crippen molar-refractivity contribution in [2.24, 2.45) is 0 Å². The minimum Gasteiger partial charge on any atom is -0.454 e. The van der Waals surface area contributed by atoms with E-state index in [4.69, 9.17) is 9.47 Å². The Balaban J connectivity index is 1.59. The third-order valence-electron chi connectivity index (χ3n) is 3.43. The van der Waals surface area contributed by atoms with Crippen LogP contribution in [0.15, 0.2) is 23.6 Å². The summed E-state index contributed by atoms with van der Waals surface area (Å²) < 4.78 is 10.7. The number of fused-ring (bicyclic) bond motifs is 1. The van der Waals surface area contributed by atoms with Crippen LogP contribution in [-0.4, -0.2) is 24.4 Å². The second-order valence-corrected chi connectivity index (χ2v) is 6.25. The summed E-state index contributed by atoms with van der Waals surface area (Å²) in [6.07, 6.45) is 2.09. The van der Waals surface area contributed by atoms with Crippen LogP contribution in [0.25, 0.3) is 0 Å². The van der Waals surface area contributed by atoms with Gasteiger partial charge >= 0.3 is 0 Å². The predicted molar refractivity (Wildman–Crippen MR) is 89.4 cm³/mol. The normalized spacial score (nSPS) is 14.1. The molecule has 1 aromatic heterocycles. The molecule has 0 aliphatic carbocycles. The van der Waals surface area contributed by atoms with E-state index in [-0.39, 0.29) is 0 Å². The molecule has 0 saturated carbocycles. The average molecular weight is 319 g/mol. The second-order valence-electron chi connectivity index (χ2n) is 5.40. The lowest BCUT2D eigenvalue weighted by Gasteiger charge is -2.10. The number of aromatic nitrogens is 1. The summed E-state index contributed by atoms with van der Waals surface area (Å²) in [6, 6.07) is 6.27. The Bertz CT molecular complexity index is 630. The molecule has 2 heterocycles. The van der Waals surface area contributed by atoms with Crippen LogP contribution in [0.4, 0.5) is 10.8 Å². The van der Waals surface area contributed by atoms with Gasteiger partial charge in [-0.3, -0.25) is 0 Å². The molecule has 0 radical (unpaired) electrons. The Morgan fingerprint density at radius 3 is 3.05 bits per heavy atom. The van der Waals surface area contributed by atoms with Gasteiger partial charge in [-0.1, -0.05) is 6.92 Å². The quantitative estimate of drug-likeness (QED) is 0.817. The lowest BCUT2D eigenvalue weighted by atomic mass is 10.2. The molecule has 5 nitrogen and oxygen atoms in total. The van der Waals surface area contributed by atoms with Crippen molar-refractivity contribution >= 4 is 22.2 Å². The van der Waals surface area contributed by atoms with E-state index >= 15 is 0 Å². The summed E-state index contributed by atoms with van der Waals surface area (Å²) in [6.45, 7) is 5.71. The highest BCUT2D eigenvalue weighted by Gasteiger charge is 2.14. The van der Waals surface area contributed by atoms with Crippen LogP contribution in [-0.2, 0) is 6.42 Å². The molecular weight excluding hydrogens is 298 g/mol. The Labute approximate surface area is 134 Å². The molecule has 118 valence electrons. The number of ether oxygens (including phenoxy) is 2. The van der Waals surface area contributed by atoms with Crippen molar-refractivity contribution in [3.63, 3.8) is 0 Å². The summed E-state index contributed by atoms with van der Waals surface area (Å²) in [5, 5.41) is 9.81. The predicted octanol–water partition coefficient (Wildman–Crippen LogP) is 3.55. The minimum absolute atomic E-state index is 0.294. The Morgan fingerprint density at radius 1 is 1.32 bits per heavy atom. The molecule has 0 saturated heterocycles. The van der Waals surface area contributed by atoms with Crippen molar-refractivity contribution in [1.82, 2.24) is 10.3 Å². The van der Waals surface area contributed by atoms with E-state index in [2.05, 4.69) is 34.8 Å². The van der Waals surface area contributed by atoms with E-state index in [0.29, 0.717) is 12.8 Å². The van der Waals surface area contributed by atoms with Crippen molar-refractivity contribution in [1.29, 1.82) is 0 Å². The molecule has 1 atom stereocenters. The van der Waals surface area contributed by atoms with Crippen LogP contribution >= 0.6 is 11.3 Å². The fraction of sp³-hybridized carbons (Fsp3) is 0.438. The van der Waals surface area contributed by atoms with Crippen molar-refractivity contribution < 1.29 is 9.47 Å². The molecule has 1 aliphatic rings. The summed E-state index contributed by atoms with van der Waals surface area (Å²) in [5.74, 6) is 1.57. The Hall–Kier alpha value is -1.79. The number of hydrogen-bond donors (Lipinski definition) is 2. The smallest absolute Gasteiger partial charge is 0.231 e. The highest BCUT2D eigenvalue weighted by molar-refractivity contribution is 7.13. The number of nitrogens with zero attached hydrogens (tertiary/aromatic N) is 1. The van der Waals surface area contributed by atoms with Gasteiger partial charge in [-0.05, 0) is 32.0 Å². The molecule has 22 heavy (non-hydrogen) atoms. The summed E-state index contributed by atoms with van der Waals surface area (Å²) in [5.41, 5.74) is 2.08. The van der Waals surface area contributed by atoms with E-state index in [0.717, 1.165) is 47.4 Å². The van der Waals surface area contributed by atoms with E-state index in [9.17, 15) is 0 Å². The number of thiazole rings is 1. The van der Waals surface area contributed by atoms with Gasteiger partial charge in [-0.15, -0.1) is 11.3 Å². The largest absolute Gasteiger partial charge is 0.454 e. The fourth-order valence-electron chi connectivity index (χ4n) is 2.33. The van der Waals surface area contributed by atoms with Crippen molar-refractivity contribution in [2.45, 2.75) is 32.7 Å². The van der Waals surface area contributed by atoms with E-state index in [1.165, 1.54) is 0 Å². The Kier molecular flexibility index (Phi) is 4.80. The van der Waals surface area contributed by atoms with Gasteiger partial charge in [0.25, 0.3) is 0 Å². The van der Waals surface area contributed by atoms with Crippen LogP contribution in [0.3, 0.4) is 0 Å². The third-order valence-corrected chi connectivity index (χ3v) is 4.24. The van der Waals surface area contributed by atoms with E-state index in [1.807, 2.05) is 18.2 Å². The molecule has 0 spiro atoms. The fourth-order valence-corrected chi connectivity index (χ4v) is 3.08. The van der Waals surface area contributed by atoms with Crippen LogP contribution < -0.4 is 20.1 Å². The van der Waals surface area contributed by atoms with Gasteiger partial charge in [0, 0.05) is 29.6 Å². The highest BCUT2D eigenvalue weighted by atomic mass is 32.1. The van der Waals surface area contributed by atoms with Gasteiger partial charge in [0.2, 0.25) is 6.79 Å². The first-order valence-electron chi connectivity index (χ1n) is 7.59. The summed E-state index contributed by atoms with van der Waals surface area (Å²) in [4.78, 5) is 4.64. The second kappa shape index (κ2) is 6.98. The molecule has 0 bridgehead atoms. The van der Waals surface area contributed by atoms with Crippen molar-refractivity contribution in [3.8, 4) is 11.5 Å². The maximum Gasteiger partial charge on any atom is 0.231 e. The molecule has 2 N–H and O–H groups in total. The van der Waals surface area contributed by atoms with Gasteiger partial charge in [-0.25, -0.2) is 4.98 Å². The van der Waals surface area contributed by atoms with E-state index < -0.39 is 0 Å². The molecule has 6 heteroatoms. The standard InChI is InChI=1S/C16H21N3O2S/c1-3-6-17-11(2)7-13-9-22-16(19-13)18-12-4-5-14-15(8-12)21-10-20-14/h4-5,8-9,11,17H,3,6-7,10H2,1-2H3,(H,18,19). The van der Waals surface area contributed by atoms with Crippen LogP contribution in [0.5, 0.6) is 11.5 Å². The monoisotopic (exact) mass is 319 g/mol. The molecule has 2 aromatic rings. The number of rotatable bonds is 7. The van der Waals surface area contributed by atoms with Crippen LogP contribution in [0.1, 0.15) is 26.0 Å². The van der Waals surface area contributed by atoms with Crippen molar-refractivity contribution in [3.05, 3.63) is 29.3 Å². The van der Waals surface area contributed by atoms with Crippen LogP contribution in [0.2, 0.25) is 0 Å². The number of anilines is 2. The first-order chi connectivity index (χ1) is 10.7. The van der Waals surface area contributed by atoms with E-state index in [1.54, 1.807) is 11.3 Å². The maximum absolute atomic E-state index is 5.38. The summed E-state index contributed by atoms with van der Waals surface area (Å²) >= 11 is 1.62. The first-order valence-corrected chi connectivity index (χ1v) is 8.47. The van der Waals surface area contributed by atoms with Crippen molar-refractivity contribution in [2.75, 3.05) is 18.7 Å². The Morgan fingerprint density at radius 2 is 2.18 bits per heavy atom. The maximum atomic E-state index is 5.38. The SMILES string of the molecule is CCCNC(C)Cc1csc(Nc2ccc3c(c2)OCO3)n1. The third kappa shape index (κ3) is 3.69. The zero-order valence-corrected chi connectivity index (χ0v) is 13.7. The molecule has 1 aliphatic heterocycles. The lowest BCUT2D eigenvalue weighted by Crippen LogP contribution is -2.28. The molecule has 0 amide bonds. The number of hydrogen-bond acceptors (Lipinski definition) is 6. The number of benzene rings is 1. The molecule has 1 aromatic carbocycles.